The van der Waals surface area contributed by atoms with Crippen molar-refractivity contribution in [2.45, 2.75) is 26.4 Å². The molecule has 1 saturated heterocycles. The first-order chi connectivity index (χ1) is 4.58. The average Bonchev–Trinajstić information content (AvgIpc) is 1.80. The highest BCUT2D eigenvalue weighted by atomic mass is 19.1. The molecule has 0 aromatic carbocycles. The molecule has 1 nitrogen and oxygen atoms in total. The molecule has 0 spiro atoms. The van der Waals surface area contributed by atoms with Gasteiger partial charge in [0, 0.05) is 13.1 Å². The Hall–Kier alpha value is -0.110. The predicted octanol–water partition coefficient (Wildman–Crippen LogP) is 1.69. The van der Waals surface area contributed by atoms with Crippen molar-refractivity contribution in [1.82, 2.24) is 4.90 Å². The Balaban J connectivity index is 2.34. The summed E-state index contributed by atoms with van der Waals surface area (Å²) in [5.41, 5.74) is -0.879. The summed E-state index contributed by atoms with van der Waals surface area (Å²) in [6.07, 6.45) is 0. The number of hydrogen-bond donors (Lipinski definition) is 0. The van der Waals surface area contributed by atoms with E-state index in [0.29, 0.717) is 13.1 Å². The monoisotopic (exact) mass is 145 g/mol. The van der Waals surface area contributed by atoms with E-state index in [1.165, 1.54) is 0 Å². The Morgan fingerprint density at radius 1 is 1.50 bits per heavy atom. The number of likely N-dealkylation sites (tertiary alicyclic amines) is 1. The lowest BCUT2D eigenvalue weighted by Crippen LogP contribution is -2.61. The van der Waals surface area contributed by atoms with Gasteiger partial charge in [0.05, 0.1) is 0 Å². The Bertz CT molecular complexity index is 116. The van der Waals surface area contributed by atoms with Crippen molar-refractivity contribution in [3.8, 4) is 0 Å². The van der Waals surface area contributed by atoms with Crippen molar-refractivity contribution < 1.29 is 4.39 Å². The zero-order valence-electron chi connectivity index (χ0n) is 7.02. The van der Waals surface area contributed by atoms with E-state index in [9.17, 15) is 4.39 Å². The molecule has 1 aliphatic heterocycles. The largest absolute Gasteiger partial charge is 0.297 e. The van der Waals surface area contributed by atoms with E-state index in [1.807, 2.05) is 13.8 Å². The lowest BCUT2D eigenvalue weighted by atomic mass is 9.85. The molecule has 1 fully saturated rings. The predicted molar refractivity (Wildman–Crippen MR) is 40.8 cm³/mol. The second-order valence-corrected chi connectivity index (χ2v) is 3.49. The van der Waals surface area contributed by atoms with Crippen LogP contribution < -0.4 is 0 Å². The molecule has 10 heavy (non-hydrogen) atoms. The Labute approximate surface area is 62.2 Å². The normalized spacial score (nSPS) is 24.9. The van der Waals surface area contributed by atoms with Gasteiger partial charge in [-0.3, -0.25) is 4.90 Å². The van der Waals surface area contributed by atoms with Crippen molar-refractivity contribution in [3.63, 3.8) is 0 Å². The first kappa shape index (κ1) is 7.99. The van der Waals surface area contributed by atoms with Crippen LogP contribution in [0.25, 0.3) is 0 Å². The maximum Gasteiger partial charge on any atom is 0.138 e. The zero-order valence-corrected chi connectivity index (χ0v) is 7.02. The van der Waals surface area contributed by atoms with Gasteiger partial charge in [0.15, 0.2) is 0 Å². The van der Waals surface area contributed by atoms with Crippen molar-refractivity contribution >= 4 is 0 Å². The van der Waals surface area contributed by atoms with Gasteiger partial charge in [-0.2, -0.15) is 0 Å². The maximum absolute atomic E-state index is 13.4. The molecule has 1 aliphatic rings. The van der Waals surface area contributed by atoms with E-state index < -0.39 is 5.67 Å². The van der Waals surface area contributed by atoms with Crippen LogP contribution in [0.15, 0.2) is 0 Å². The first-order valence-electron chi connectivity index (χ1n) is 4.00. The molecule has 0 aliphatic carbocycles. The third kappa shape index (κ3) is 1.17. The third-order valence-corrected chi connectivity index (χ3v) is 2.45. The topological polar surface area (TPSA) is 3.24 Å². The van der Waals surface area contributed by atoms with Crippen LogP contribution in [0.2, 0.25) is 0 Å². The second kappa shape index (κ2) is 2.50. The fourth-order valence-corrected chi connectivity index (χ4v) is 1.29. The summed E-state index contributed by atoms with van der Waals surface area (Å²) in [6.45, 7) is 8.24. The molecule has 0 amide bonds. The lowest BCUT2D eigenvalue weighted by molar-refractivity contribution is -0.0615. The van der Waals surface area contributed by atoms with Crippen LogP contribution in [0.3, 0.4) is 0 Å². The van der Waals surface area contributed by atoms with Gasteiger partial charge in [0.2, 0.25) is 0 Å². The van der Waals surface area contributed by atoms with Gasteiger partial charge in [0.1, 0.15) is 5.67 Å². The molecule has 1 rings (SSSR count). The van der Waals surface area contributed by atoms with Crippen LogP contribution in [0.5, 0.6) is 0 Å². The van der Waals surface area contributed by atoms with Crippen molar-refractivity contribution in [1.29, 1.82) is 0 Å². The molecule has 1 heterocycles. The summed E-state index contributed by atoms with van der Waals surface area (Å²) in [5, 5.41) is 0. The molecular weight excluding hydrogens is 129 g/mol. The summed E-state index contributed by atoms with van der Waals surface area (Å²) >= 11 is 0. The molecule has 0 saturated carbocycles. The van der Waals surface area contributed by atoms with E-state index in [4.69, 9.17) is 0 Å². The van der Waals surface area contributed by atoms with Gasteiger partial charge in [0.25, 0.3) is 0 Å². The van der Waals surface area contributed by atoms with Crippen LogP contribution in [0.4, 0.5) is 4.39 Å². The average molecular weight is 145 g/mol. The molecule has 0 aromatic rings. The van der Waals surface area contributed by atoms with Gasteiger partial charge < -0.3 is 0 Å². The molecule has 0 radical (unpaired) electrons. The summed E-state index contributed by atoms with van der Waals surface area (Å²) < 4.78 is 13.4. The molecule has 60 valence electrons. The summed E-state index contributed by atoms with van der Waals surface area (Å²) in [6, 6.07) is 0. The van der Waals surface area contributed by atoms with E-state index in [1.54, 1.807) is 0 Å². The highest BCUT2D eigenvalue weighted by Crippen LogP contribution is 2.32. The van der Waals surface area contributed by atoms with Crippen LogP contribution >= 0.6 is 0 Å². The molecule has 0 N–H and O–H groups in total. The fourth-order valence-electron chi connectivity index (χ4n) is 1.29. The number of alkyl halides is 1. The Morgan fingerprint density at radius 2 is 2.00 bits per heavy atom. The van der Waals surface area contributed by atoms with Crippen molar-refractivity contribution in [2.24, 2.45) is 5.92 Å². The van der Waals surface area contributed by atoms with Crippen LogP contribution in [-0.2, 0) is 0 Å². The van der Waals surface area contributed by atoms with E-state index in [-0.39, 0.29) is 5.92 Å². The van der Waals surface area contributed by atoms with E-state index >= 15 is 0 Å². The van der Waals surface area contributed by atoms with Crippen LogP contribution in [-0.4, -0.2) is 30.2 Å². The fraction of sp³-hybridized carbons (Fsp3) is 1.00. The molecule has 0 atom stereocenters. The Morgan fingerprint density at radius 3 is 2.30 bits per heavy atom. The van der Waals surface area contributed by atoms with Crippen molar-refractivity contribution in [2.75, 3.05) is 19.6 Å². The van der Waals surface area contributed by atoms with Crippen molar-refractivity contribution in [3.05, 3.63) is 0 Å². The van der Waals surface area contributed by atoms with Gasteiger partial charge in [-0.1, -0.05) is 20.8 Å². The second-order valence-electron chi connectivity index (χ2n) is 3.49. The van der Waals surface area contributed by atoms with E-state index in [2.05, 4.69) is 11.8 Å². The smallest absolute Gasteiger partial charge is 0.138 e. The molecule has 0 bridgehead atoms. The quantitative estimate of drug-likeness (QED) is 0.571. The van der Waals surface area contributed by atoms with Gasteiger partial charge in [-0.05, 0) is 12.5 Å². The number of rotatable bonds is 2. The Kier molecular flexibility index (Phi) is 1.99. The third-order valence-electron chi connectivity index (χ3n) is 2.45. The number of halogens is 1. The highest BCUT2D eigenvalue weighted by Gasteiger charge is 2.44. The summed E-state index contributed by atoms with van der Waals surface area (Å²) in [4.78, 5) is 2.12. The van der Waals surface area contributed by atoms with Crippen LogP contribution in [0, 0.1) is 5.92 Å². The minimum Gasteiger partial charge on any atom is -0.297 e. The minimum absolute atomic E-state index is 0.176. The zero-order chi connectivity index (χ0) is 7.78. The van der Waals surface area contributed by atoms with Gasteiger partial charge in [-0.15, -0.1) is 0 Å². The standard InChI is InChI=1S/C8H16FN/c1-4-10-5-8(9,6-10)7(2)3/h7H,4-6H2,1-3H3. The van der Waals surface area contributed by atoms with Gasteiger partial charge in [-0.25, -0.2) is 4.39 Å². The first-order valence-corrected chi connectivity index (χ1v) is 4.00. The molecule has 2 heteroatoms. The molecular formula is C8H16FN. The molecule has 0 unspecified atom stereocenters. The highest BCUT2D eigenvalue weighted by molar-refractivity contribution is 4.97. The minimum atomic E-state index is -0.879. The molecule has 0 aromatic heterocycles. The number of nitrogens with zero attached hydrogens (tertiary/aromatic N) is 1. The van der Waals surface area contributed by atoms with E-state index in [0.717, 1.165) is 6.54 Å². The van der Waals surface area contributed by atoms with Gasteiger partial charge >= 0.3 is 0 Å². The maximum atomic E-state index is 13.4. The summed E-state index contributed by atoms with van der Waals surface area (Å²) in [7, 11) is 0. The van der Waals surface area contributed by atoms with Crippen LogP contribution in [0.1, 0.15) is 20.8 Å². The number of hydrogen-bond acceptors (Lipinski definition) is 1. The lowest BCUT2D eigenvalue weighted by Gasteiger charge is -2.46. The summed E-state index contributed by atoms with van der Waals surface area (Å²) in [5.74, 6) is 0.176. The SMILES string of the molecule is CCN1CC(F)(C(C)C)C1.